The van der Waals surface area contributed by atoms with Gasteiger partial charge in [0.15, 0.2) is 0 Å². The van der Waals surface area contributed by atoms with Gasteiger partial charge in [-0.2, -0.15) is 0 Å². The molecule has 0 unspecified atom stereocenters. The minimum Gasteiger partial charge on any atom is -0.326 e. The van der Waals surface area contributed by atoms with Crippen molar-refractivity contribution in [1.29, 1.82) is 0 Å². The Morgan fingerprint density at radius 3 is 2.60 bits per heavy atom. The number of hydrogen-bond donors (Lipinski definition) is 0. The molecule has 5 heteroatoms. The number of aryl methyl sites for hydroxylation is 2. The summed E-state index contributed by atoms with van der Waals surface area (Å²) in [6.07, 6.45) is 4.52. The molecular formula is C20H20N4O. The summed E-state index contributed by atoms with van der Waals surface area (Å²) in [5, 5.41) is 0. The molecule has 0 bridgehead atoms. The van der Waals surface area contributed by atoms with Gasteiger partial charge in [0.05, 0.1) is 28.4 Å². The molecule has 0 atom stereocenters. The summed E-state index contributed by atoms with van der Waals surface area (Å²) >= 11 is 0. The normalized spacial score (nSPS) is 14.6. The van der Waals surface area contributed by atoms with E-state index < -0.39 is 0 Å². The maximum absolute atomic E-state index is 12.1. The van der Waals surface area contributed by atoms with Crippen LogP contribution in [0.15, 0.2) is 47.5 Å². The van der Waals surface area contributed by atoms with Crippen molar-refractivity contribution in [3.63, 3.8) is 0 Å². The molecule has 0 saturated heterocycles. The molecule has 5 rings (SSSR count). The number of imidazole rings is 2. The van der Waals surface area contributed by atoms with Gasteiger partial charge in [0, 0.05) is 20.6 Å². The van der Waals surface area contributed by atoms with Gasteiger partial charge in [0.1, 0.15) is 0 Å². The molecule has 1 saturated carbocycles. The van der Waals surface area contributed by atoms with Gasteiger partial charge in [-0.1, -0.05) is 12.1 Å². The first-order chi connectivity index (χ1) is 12.1. The number of aromatic nitrogens is 4. The van der Waals surface area contributed by atoms with Crippen LogP contribution in [-0.4, -0.2) is 18.7 Å². The van der Waals surface area contributed by atoms with Gasteiger partial charge in [-0.3, -0.25) is 9.13 Å². The Morgan fingerprint density at radius 2 is 1.80 bits per heavy atom. The van der Waals surface area contributed by atoms with Crippen LogP contribution in [0.1, 0.15) is 29.9 Å². The van der Waals surface area contributed by atoms with E-state index in [9.17, 15) is 4.79 Å². The van der Waals surface area contributed by atoms with Crippen LogP contribution in [0.25, 0.3) is 22.1 Å². The van der Waals surface area contributed by atoms with Gasteiger partial charge in [0.25, 0.3) is 0 Å². The van der Waals surface area contributed by atoms with Crippen LogP contribution in [0.2, 0.25) is 0 Å². The average molecular weight is 332 g/mol. The van der Waals surface area contributed by atoms with Gasteiger partial charge in [0.2, 0.25) is 0 Å². The van der Waals surface area contributed by atoms with Crippen molar-refractivity contribution in [3.8, 4) is 0 Å². The maximum atomic E-state index is 12.1. The smallest absolute Gasteiger partial charge is 0.326 e. The fourth-order valence-electron chi connectivity index (χ4n) is 3.72. The third kappa shape index (κ3) is 2.22. The number of fused-ring (bicyclic) bond motifs is 2. The van der Waals surface area contributed by atoms with Crippen LogP contribution < -0.4 is 5.69 Å². The molecule has 1 aliphatic rings. The maximum Gasteiger partial charge on any atom is 0.328 e. The quantitative estimate of drug-likeness (QED) is 0.578. The van der Waals surface area contributed by atoms with E-state index in [2.05, 4.69) is 39.9 Å². The zero-order valence-electron chi connectivity index (χ0n) is 14.4. The minimum atomic E-state index is 0.00862. The van der Waals surface area contributed by atoms with E-state index in [0.29, 0.717) is 0 Å². The van der Waals surface area contributed by atoms with Crippen LogP contribution in [0.5, 0.6) is 0 Å². The van der Waals surface area contributed by atoms with Crippen molar-refractivity contribution in [2.75, 3.05) is 0 Å². The van der Waals surface area contributed by atoms with E-state index in [-0.39, 0.29) is 5.69 Å². The van der Waals surface area contributed by atoms with Gasteiger partial charge in [-0.05, 0) is 54.2 Å². The molecule has 0 radical (unpaired) electrons. The Bertz CT molecular complexity index is 1170. The van der Waals surface area contributed by atoms with E-state index >= 15 is 0 Å². The lowest BCUT2D eigenvalue weighted by Gasteiger charge is -2.07. The zero-order valence-corrected chi connectivity index (χ0v) is 14.4. The molecule has 5 nitrogen and oxygen atoms in total. The Labute approximate surface area is 145 Å². The lowest BCUT2D eigenvalue weighted by atomic mass is 10.1. The summed E-state index contributed by atoms with van der Waals surface area (Å²) in [5.74, 6) is 0.739. The van der Waals surface area contributed by atoms with E-state index in [0.717, 1.165) is 29.0 Å². The Morgan fingerprint density at radius 1 is 1.00 bits per heavy atom. The number of rotatable bonds is 3. The molecule has 2 aromatic heterocycles. The summed E-state index contributed by atoms with van der Waals surface area (Å²) in [6.45, 7) is 0.754. The molecule has 0 spiro atoms. The summed E-state index contributed by atoms with van der Waals surface area (Å²) < 4.78 is 5.59. The zero-order chi connectivity index (χ0) is 17.1. The molecule has 1 aliphatic carbocycles. The lowest BCUT2D eigenvalue weighted by Crippen LogP contribution is -2.19. The van der Waals surface area contributed by atoms with E-state index in [1.165, 1.54) is 29.5 Å². The summed E-state index contributed by atoms with van der Waals surface area (Å²) in [4.78, 5) is 16.6. The first-order valence-electron chi connectivity index (χ1n) is 8.71. The molecule has 0 aliphatic heterocycles. The summed E-state index contributed by atoms with van der Waals surface area (Å²) in [5.41, 5.74) is 6.76. The van der Waals surface area contributed by atoms with Gasteiger partial charge >= 0.3 is 5.69 Å². The minimum absolute atomic E-state index is 0.00862. The Kier molecular flexibility index (Phi) is 2.95. The molecule has 2 heterocycles. The fraction of sp³-hybridized carbons (Fsp3) is 0.300. The fourth-order valence-corrected chi connectivity index (χ4v) is 3.72. The highest BCUT2D eigenvalue weighted by atomic mass is 16.1. The first kappa shape index (κ1) is 14.5. The second-order valence-electron chi connectivity index (χ2n) is 7.12. The topological polar surface area (TPSA) is 44.8 Å². The lowest BCUT2D eigenvalue weighted by molar-refractivity contribution is 0.794. The first-order valence-corrected chi connectivity index (χ1v) is 8.71. The summed E-state index contributed by atoms with van der Waals surface area (Å²) in [7, 11) is 3.64. The number of benzene rings is 2. The van der Waals surface area contributed by atoms with Crippen LogP contribution in [-0.2, 0) is 20.6 Å². The van der Waals surface area contributed by atoms with Crippen molar-refractivity contribution in [2.45, 2.75) is 25.3 Å². The third-order valence-electron chi connectivity index (χ3n) is 5.38. The highest BCUT2D eigenvalue weighted by Gasteiger charge is 2.23. The predicted octanol–water partition coefficient (Wildman–Crippen LogP) is 3.15. The van der Waals surface area contributed by atoms with Gasteiger partial charge in [-0.25, -0.2) is 9.78 Å². The molecule has 4 aromatic rings. The Balaban J connectivity index is 1.58. The average Bonchev–Trinajstić information content (AvgIpc) is 3.38. The van der Waals surface area contributed by atoms with E-state index in [1.54, 1.807) is 9.13 Å². The second kappa shape index (κ2) is 5.09. The van der Waals surface area contributed by atoms with E-state index in [4.69, 9.17) is 0 Å². The Hall–Kier alpha value is -2.82. The standard InChI is InChI=1S/C20H20N4O/c1-22-17-8-3-13(9-19(17)23(2)20(22)25)11-24-12-21-16-7-6-15(10-18(16)24)14-4-5-14/h3,6-10,12,14H,4-5,11H2,1-2H3. The predicted molar refractivity (Wildman–Crippen MR) is 99.0 cm³/mol. The van der Waals surface area contributed by atoms with Crippen molar-refractivity contribution >= 4 is 22.1 Å². The molecule has 1 fully saturated rings. The largest absolute Gasteiger partial charge is 0.328 e. The van der Waals surface area contributed by atoms with Gasteiger partial charge < -0.3 is 4.57 Å². The van der Waals surface area contributed by atoms with Crippen LogP contribution in [0.4, 0.5) is 0 Å². The van der Waals surface area contributed by atoms with Crippen molar-refractivity contribution in [3.05, 3.63) is 64.3 Å². The molecule has 0 amide bonds. The highest BCUT2D eigenvalue weighted by Crippen LogP contribution is 2.40. The molecule has 0 N–H and O–H groups in total. The van der Waals surface area contributed by atoms with E-state index in [1.807, 2.05) is 26.5 Å². The highest BCUT2D eigenvalue weighted by molar-refractivity contribution is 5.78. The number of hydrogen-bond acceptors (Lipinski definition) is 2. The molecule has 126 valence electrons. The number of nitrogens with zero attached hydrogens (tertiary/aromatic N) is 4. The van der Waals surface area contributed by atoms with Gasteiger partial charge in [-0.15, -0.1) is 0 Å². The molecular weight excluding hydrogens is 312 g/mol. The molecule has 2 aromatic carbocycles. The van der Waals surface area contributed by atoms with Crippen molar-refractivity contribution < 1.29 is 0 Å². The second-order valence-corrected chi connectivity index (χ2v) is 7.12. The van der Waals surface area contributed by atoms with Crippen LogP contribution in [0, 0.1) is 0 Å². The molecule has 25 heavy (non-hydrogen) atoms. The van der Waals surface area contributed by atoms with Crippen LogP contribution >= 0.6 is 0 Å². The van der Waals surface area contributed by atoms with Crippen LogP contribution in [0.3, 0.4) is 0 Å². The monoisotopic (exact) mass is 332 g/mol. The van der Waals surface area contributed by atoms with Crippen molar-refractivity contribution in [1.82, 2.24) is 18.7 Å². The third-order valence-corrected chi connectivity index (χ3v) is 5.38. The van der Waals surface area contributed by atoms with Crippen molar-refractivity contribution in [2.24, 2.45) is 14.1 Å². The summed E-state index contributed by atoms with van der Waals surface area (Å²) in [6, 6.07) is 12.9. The SMILES string of the molecule is Cn1c(=O)n(C)c2cc(Cn3cnc4ccc(C5CC5)cc43)ccc21.